The van der Waals surface area contributed by atoms with Gasteiger partial charge in [-0.25, -0.2) is 9.59 Å². The van der Waals surface area contributed by atoms with Crippen LogP contribution < -0.4 is 10.5 Å². The second kappa shape index (κ2) is 8.24. The van der Waals surface area contributed by atoms with Crippen molar-refractivity contribution in [2.24, 2.45) is 5.73 Å². The molecule has 0 aliphatic heterocycles. The summed E-state index contributed by atoms with van der Waals surface area (Å²) in [6.45, 7) is 1.61. The molecule has 2 aromatic carbocycles. The number of rotatable bonds is 6. The van der Waals surface area contributed by atoms with Gasteiger partial charge < -0.3 is 20.3 Å². The van der Waals surface area contributed by atoms with Crippen molar-refractivity contribution < 1.29 is 24.2 Å². The van der Waals surface area contributed by atoms with E-state index in [1.165, 1.54) is 13.0 Å². The Hall–Kier alpha value is -2.70. The molecule has 6 heteroatoms. The van der Waals surface area contributed by atoms with Crippen molar-refractivity contribution in [1.82, 2.24) is 0 Å². The summed E-state index contributed by atoms with van der Waals surface area (Å²) in [6.07, 6.45) is -1.12. The van der Waals surface area contributed by atoms with Gasteiger partial charge in [0, 0.05) is 0 Å². The van der Waals surface area contributed by atoms with Crippen molar-refractivity contribution >= 4 is 11.9 Å². The first-order chi connectivity index (χ1) is 11.5. The molecule has 126 valence electrons. The third kappa shape index (κ3) is 4.65. The first-order valence-corrected chi connectivity index (χ1v) is 7.44. The Morgan fingerprint density at radius 2 is 1.71 bits per heavy atom. The Bertz CT molecular complexity index is 700. The highest BCUT2D eigenvalue weighted by Crippen LogP contribution is 2.20. The van der Waals surface area contributed by atoms with Crippen LogP contribution in [0.5, 0.6) is 5.75 Å². The third-order valence-electron chi connectivity index (χ3n) is 3.33. The smallest absolute Gasteiger partial charge is 0.349 e. The average molecular weight is 329 g/mol. The maximum Gasteiger partial charge on any atom is 0.349 e. The molecule has 24 heavy (non-hydrogen) atoms. The fraction of sp³-hybridized carbons (Fsp3) is 0.222. The monoisotopic (exact) mass is 329 g/mol. The van der Waals surface area contributed by atoms with E-state index in [9.17, 15) is 14.7 Å². The van der Waals surface area contributed by atoms with Gasteiger partial charge in [0.05, 0.1) is 6.10 Å². The first-order valence-electron chi connectivity index (χ1n) is 7.44. The number of aliphatic hydroxyl groups excluding tert-OH is 1. The molecule has 0 spiro atoms. The van der Waals surface area contributed by atoms with Gasteiger partial charge in [-0.05, 0) is 24.6 Å². The fourth-order valence-corrected chi connectivity index (χ4v) is 1.91. The van der Waals surface area contributed by atoms with Crippen molar-refractivity contribution in [3.05, 3.63) is 65.7 Å². The predicted molar refractivity (Wildman–Crippen MR) is 87.3 cm³/mol. The minimum atomic E-state index is -1.29. The minimum absolute atomic E-state index is 0.111. The molecule has 0 aromatic heterocycles. The van der Waals surface area contributed by atoms with E-state index in [1.54, 1.807) is 18.2 Å². The molecule has 6 nitrogen and oxygen atoms in total. The summed E-state index contributed by atoms with van der Waals surface area (Å²) >= 11 is 0. The lowest BCUT2D eigenvalue weighted by molar-refractivity contribution is -0.141. The molecule has 0 radical (unpaired) electrons. The lowest BCUT2D eigenvalue weighted by Gasteiger charge is -2.14. The molecule has 2 atom stereocenters. The summed E-state index contributed by atoms with van der Waals surface area (Å²) in [5.41, 5.74) is 6.50. The highest BCUT2D eigenvalue weighted by Gasteiger charge is 2.25. The van der Waals surface area contributed by atoms with Crippen LogP contribution in [0, 0.1) is 0 Å². The zero-order valence-electron chi connectivity index (χ0n) is 13.2. The standard InChI is InChI=1S/C18H19NO5/c1-12(20)16(19)18(22)24-17(21)14-9-5-6-10-15(14)23-11-13-7-3-2-4-8-13/h2-10,12,16,20H,11,19H2,1H3/t12-,16+/m1/s1. The maximum atomic E-state index is 12.2. The van der Waals surface area contributed by atoms with Gasteiger partial charge >= 0.3 is 11.9 Å². The summed E-state index contributed by atoms with van der Waals surface area (Å²) in [6, 6.07) is 14.6. The summed E-state index contributed by atoms with van der Waals surface area (Å²) < 4.78 is 10.4. The number of para-hydroxylation sites is 1. The molecule has 3 N–H and O–H groups in total. The van der Waals surface area contributed by atoms with Crippen LogP contribution in [-0.4, -0.2) is 29.2 Å². The van der Waals surface area contributed by atoms with Crippen molar-refractivity contribution in [3.8, 4) is 5.75 Å². The van der Waals surface area contributed by atoms with E-state index < -0.39 is 24.1 Å². The number of aliphatic hydroxyl groups is 1. The predicted octanol–water partition coefficient (Wildman–Crippen LogP) is 1.66. The number of esters is 2. The van der Waals surface area contributed by atoms with Crippen LogP contribution in [0.15, 0.2) is 54.6 Å². The van der Waals surface area contributed by atoms with Gasteiger partial charge in [0.1, 0.15) is 24.0 Å². The van der Waals surface area contributed by atoms with Crippen LogP contribution in [0.3, 0.4) is 0 Å². The number of benzene rings is 2. The van der Waals surface area contributed by atoms with Gasteiger partial charge in [0.25, 0.3) is 0 Å². The van der Waals surface area contributed by atoms with Gasteiger partial charge in [-0.3, -0.25) is 0 Å². The van der Waals surface area contributed by atoms with E-state index in [0.29, 0.717) is 5.75 Å². The summed E-state index contributed by atoms with van der Waals surface area (Å²) in [4.78, 5) is 23.8. The molecule has 0 fully saturated rings. The van der Waals surface area contributed by atoms with E-state index in [0.717, 1.165) is 5.56 Å². The molecule has 0 aliphatic rings. The lowest BCUT2D eigenvalue weighted by Crippen LogP contribution is -2.42. The van der Waals surface area contributed by atoms with Crippen LogP contribution in [0.4, 0.5) is 0 Å². The molecule has 0 unspecified atom stereocenters. The number of hydrogen-bond acceptors (Lipinski definition) is 6. The van der Waals surface area contributed by atoms with Crippen LogP contribution >= 0.6 is 0 Å². The van der Waals surface area contributed by atoms with Gasteiger partial charge in [0.2, 0.25) is 0 Å². The fourth-order valence-electron chi connectivity index (χ4n) is 1.91. The van der Waals surface area contributed by atoms with E-state index in [4.69, 9.17) is 15.2 Å². The Kier molecular flexibility index (Phi) is 6.06. The van der Waals surface area contributed by atoms with Crippen LogP contribution in [0.2, 0.25) is 0 Å². The van der Waals surface area contributed by atoms with Crippen LogP contribution in [-0.2, 0) is 16.1 Å². The van der Waals surface area contributed by atoms with E-state index in [-0.39, 0.29) is 12.2 Å². The molecule has 0 amide bonds. The van der Waals surface area contributed by atoms with Gasteiger partial charge in [-0.15, -0.1) is 0 Å². The largest absolute Gasteiger partial charge is 0.488 e. The summed E-state index contributed by atoms with van der Waals surface area (Å²) in [5.74, 6) is -1.57. The van der Waals surface area contributed by atoms with Crippen molar-refractivity contribution in [1.29, 1.82) is 0 Å². The topological polar surface area (TPSA) is 98.9 Å². The van der Waals surface area contributed by atoms with Gasteiger partial charge in [0.15, 0.2) is 0 Å². The van der Waals surface area contributed by atoms with Gasteiger partial charge in [-0.2, -0.15) is 0 Å². The molecule has 2 aromatic rings. The van der Waals surface area contributed by atoms with E-state index >= 15 is 0 Å². The quantitative estimate of drug-likeness (QED) is 0.618. The number of nitrogens with two attached hydrogens (primary N) is 1. The maximum absolute atomic E-state index is 12.2. The second-order valence-electron chi connectivity index (χ2n) is 5.25. The second-order valence-corrected chi connectivity index (χ2v) is 5.25. The molecule has 0 heterocycles. The number of carbonyl (C=O) groups is 2. The highest BCUT2D eigenvalue weighted by atomic mass is 16.6. The van der Waals surface area contributed by atoms with Crippen molar-refractivity contribution in [2.75, 3.05) is 0 Å². The Balaban J connectivity index is 2.07. The average Bonchev–Trinajstić information content (AvgIpc) is 2.60. The number of carbonyl (C=O) groups excluding carboxylic acids is 2. The molecule has 0 bridgehead atoms. The molecular formula is C18H19NO5. The van der Waals surface area contributed by atoms with Crippen LogP contribution in [0.1, 0.15) is 22.8 Å². The lowest BCUT2D eigenvalue weighted by atomic mass is 10.2. The highest BCUT2D eigenvalue weighted by molar-refractivity contribution is 6.00. The minimum Gasteiger partial charge on any atom is -0.488 e. The van der Waals surface area contributed by atoms with Crippen molar-refractivity contribution in [3.63, 3.8) is 0 Å². The van der Waals surface area contributed by atoms with Crippen LogP contribution in [0.25, 0.3) is 0 Å². The summed E-state index contributed by atoms with van der Waals surface area (Å²) in [5, 5.41) is 9.28. The number of hydrogen-bond donors (Lipinski definition) is 2. The zero-order chi connectivity index (χ0) is 17.5. The van der Waals surface area contributed by atoms with E-state index in [2.05, 4.69) is 0 Å². The zero-order valence-corrected chi connectivity index (χ0v) is 13.2. The van der Waals surface area contributed by atoms with Gasteiger partial charge in [-0.1, -0.05) is 42.5 Å². The molecule has 0 saturated heterocycles. The normalized spacial score (nSPS) is 13.0. The molecule has 0 aliphatic carbocycles. The Morgan fingerprint density at radius 1 is 1.08 bits per heavy atom. The SMILES string of the molecule is C[C@@H](O)[C@H](N)C(=O)OC(=O)c1ccccc1OCc1ccccc1. The first kappa shape index (κ1) is 17.7. The summed E-state index contributed by atoms with van der Waals surface area (Å²) in [7, 11) is 0. The number of ether oxygens (including phenoxy) is 2. The third-order valence-corrected chi connectivity index (χ3v) is 3.33. The van der Waals surface area contributed by atoms with Crippen molar-refractivity contribution in [2.45, 2.75) is 25.7 Å². The Labute approximate surface area is 139 Å². The molecule has 2 rings (SSSR count). The molecule has 0 saturated carbocycles. The van der Waals surface area contributed by atoms with E-state index in [1.807, 2.05) is 30.3 Å². The Morgan fingerprint density at radius 3 is 2.38 bits per heavy atom. The molecular weight excluding hydrogens is 310 g/mol.